The molecule has 3 aromatic carbocycles. The van der Waals surface area contributed by atoms with Crippen LogP contribution in [0.25, 0.3) is 10.8 Å². The van der Waals surface area contributed by atoms with Gasteiger partial charge in [0.05, 0.1) is 7.11 Å². The molecule has 1 unspecified atom stereocenters. The Hall–Kier alpha value is -2.48. The standard InChI is InChI=1S/C19H19NO/c1-14(16-9-5-10-17(13-16)21-2)20-19-12-6-8-15-7-3-4-11-18(15)19/h3-14,20H,1-2H3. The van der Waals surface area contributed by atoms with E-state index in [1.54, 1.807) is 7.11 Å². The molecule has 0 aliphatic heterocycles. The van der Waals surface area contributed by atoms with Crippen molar-refractivity contribution in [2.24, 2.45) is 0 Å². The summed E-state index contributed by atoms with van der Waals surface area (Å²) in [5.41, 5.74) is 2.37. The minimum absolute atomic E-state index is 0.214. The number of benzene rings is 3. The highest BCUT2D eigenvalue weighted by atomic mass is 16.5. The van der Waals surface area contributed by atoms with Gasteiger partial charge < -0.3 is 10.1 Å². The van der Waals surface area contributed by atoms with E-state index >= 15 is 0 Å². The average Bonchev–Trinajstić information content (AvgIpc) is 2.55. The van der Waals surface area contributed by atoms with E-state index in [9.17, 15) is 0 Å². The van der Waals surface area contributed by atoms with E-state index < -0.39 is 0 Å². The molecule has 1 atom stereocenters. The van der Waals surface area contributed by atoms with E-state index in [0.29, 0.717) is 0 Å². The molecule has 0 aliphatic carbocycles. The molecule has 0 aliphatic rings. The van der Waals surface area contributed by atoms with Crippen LogP contribution in [0.15, 0.2) is 66.7 Å². The van der Waals surface area contributed by atoms with Gasteiger partial charge in [-0.2, -0.15) is 0 Å². The third kappa shape index (κ3) is 2.84. The first-order valence-corrected chi connectivity index (χ1v) is 7.16. The second-order valence-electron chi connectivity index (χ2n) is 5.17. The van der Waals surface area contributed by atoms with Gasteiger partial charge in [-0.1, -0.05) is 48.5 Å². The molecule has 0 spiro atoms. The van der Waals surface area contributed by atoms with Gasteiger partial charge in [0, 0.05) is 17.1 Å². The van der Waals surface area contributed by atoms with Crippen molar-refractivity contribution in [2.45, 2.75) is 13.0 Å². The molecule has 1 N–H and O–H groups in total. The van der Waals surface area contributed by atoms with Crippen LogP contribution in [0.4, 0.5) is 5.69 Å². The molecule has 0 saturated carbocycles. The quantitative estimate of drug-likeness (QED) is 0.723. The predicted octanol–water partition coefficient (Wildman–Crippen LogP) is 5.02. The molecule has 0 fully saturated rings. The fourth-order valence-electron chi connectivity index (χ4n) is 2.58. The number of fused-ring (bicyclic) bond motifs is 1. The maximum absolute atomic E-state index is 5.30. The molecule has 0 heterocycles. The SMILES string of the molecule is COc1cccc(C(C)Nc2cccc3ccccc23)c1. The maximum atomic E-state index is 5.30. The Bertz CT molecular complexity index is 746. The first-order valence-electron chi connectivity index (χ1n) is 7.16. The highest BCUT2D eigenvalue weighted by Gasteiger charge is 2.08. The first kappa shape index (κ1) is 13.5. The van der Waals surface area contributed by atoms with Crippen molar-refractivity contribution in [1.82, 2.24) is 0 Å². The molecule has 0 radical (unpaired) electrons. The van der Waals surface area contributed by atoms with E-state index in [4.69, 9.17) is 4.74 Å². The van der Waals surface area contributed by atoms with E-state index in [1.807, 2.05) is 12.1 Å². The molecule has 106 valence electrons. The summed E-state index contributed by atoms with van der Waals surface area (Å²) >= 11 is 0. The number of methoxy groups -OCH3 is 1. The van der Waals surface area contributed by atoms with Crippen molar-refractivity contribution in [3.63, 3.8) is 0 Å². The zero-order valence-electron chi connectivity index (χ0n) is 12.3. The molecule has 2 heteroatoms. The van der Waals surface area contributed by atoms with Crippen LogP contribution in [-0.2, 0) is 0 Å². The number of anilines is 1. The van der Waals surface area contributed by atoms with Gasteiger partial charge in [0.2, 0.25) is 0 Å². The Balaban J connectivity index is 1.90. The zero-order chi connectivity index (χ0) is 14.7. The van der Waals surface area contributed by atoms with Gasteiger partial charge >= 0.3 is 0 Å². The van der Waals surface area contributed by atoms with Crippen molar-refractivity contribution >= 4 is 16.5 Å². The van der Waals surface area contributed by atoms with Crippen LogP contribution in [0, 0.1) is 0 Å². The minimum atomic E-state index is 0.214. The highest BCUT2D eigenvalue weighted by Crippen LogP contribution is 2.28. The van der Waals surface area contributed by atoms with E-state index in [0.717, 1.165) is 11.4 Å². The van der Waals surface area contributed by atoms with Crippen LogP contribution in [-0.4, -0.2) is 7.11 Å². The van der Waals surface area contributed by atoms with Gasteiger partial charge in [-0.05, 0) is 36.1 Å². The first-order chi connectivity index (χ1) is 10.3. The summed E-state index contributed by atoms with van der Waals surface area (Å²) in [5.74, 6) is 0.888. The lowest BCUT2D eigenvalue weighted by molar-refractivity contribution is 0.414. The Morgan fingerprint density at radius 1 is 0.905 bits per heavy atom. The summed E-state index contributed by atoms with van der Waals surface area (Å²) in [6.45, 7) is 2.16. The molecular weight excluding hydrogens is 258 g/mol. The fourth-order valence-corrected chi connectivity index (χ4v) is 2.58. The number of hydrogen-bond donors (Lipinski definition) is 1. The van der Waals surface area contributed by atoms with E-state index in [2.05, 4.69) is 66.8 Å². The third-order valence-electron chi connectivity index (χ3n) is 3.76. The van der Waals surface area contributed by atoms with Gasteiger partial charge in [-0.3, -0.25) is 0 Å². The van der Waals surface area contributed by atoms with Gasteiger partial charge in [-0.15, -0.1) is 0 Å². The molecule has 0 saturated heterocycles. The fraction of sp³-hybridized carbons (Fsp3) is 0.158. The summed E-state index contributed by atoms with van der Waals surface area (Å²) < 4.78 is 5.30. The highest BCUT2D eigenvalue weighted by molar-refractivity contribution is 5.93. The molecule has 0 aromatic heterocycles. The van der Waals surface area contributed by atoms with Crippen molar-refractivity contribution in [3.8, 4) is 5.75 Å². The summed E-state index contributed by atoms with van der Waals surface area (Å²) in [6, 6.07) is 23.2. The van der Waals surface area contributed by atoms with Crippen LogP contribution < -0.4 is 10.1 Å². The summed E-state index contributed by atoms with van der Waals surface area (Å²) in [7, 11) is 1.70. The second kappa shape index (κ2) is 5.88. The van der Waals surface area contributed by atoms with Crippen LogP contribution in [0.2, 0.25) is 0 Å². The number of hydrogen-bond acceptors (Lipinski definition) is 2. The van der Waals surface area contributed by atoms with E-state index in [1.165, 1.54) is 16.3 Å². The van der Waals surface area contributed by atoms with E-state index in [-0.39, 0.29) is 6.04 Å². The molecular formula is C19H19NO. The smallest absolute Gasteiger partial charge is 0.119 e. The lowest BCUT2D eigenvalue weighted by Gasteiger charge is -2.18. The Labute approximate surface area is 125 Å². The number of rotatable bonds is 4. The maximum Gasteiger partial charge on any atom is 0.119 e. The van der Waals surface area contributed by atoms with Crippen molar-refractivity contribution in [3.05, 3.63) is 72.3 Å². The second-order valence-corrected chi connectivity index (χ2v) is 5.17. The largest absolute Gasteiger partial charge is 0.497 e. The predicted molar refractivity (Wildman–Crippen MR) is 89.0 cm³/mol. The lowest BCUT2D eigenvalue weighted by atomic mass is 10.1. The third-order valence-corrected chi connectivity index (χ3v) is 3.76. The van der Waals surface area contributed by atoms with Gasteiger partial charge in [0.1, 0.15) is 5.75 Å². The molecule has 3 aromatic rings. The van der Waals surface area contributed by atoms with Crippen LogP contribution >= 0.6 is 0 Å². The zero-order valence-corrected chi connectivity index (χ0v) is 12.3. The van der Waals surface area contributed by atoms with Gasteiger partial charge in [-0.25, -0.2) is 0 Å². The normalized spacial score (nSPS) is 12.1. The van der Waals surface area contributed by atoms with Crippen molar-refractivity contribution in [2.75, 3.05) is 12.4 Å². The molecule has 21 heavy (non-hydrogen) atoms. The Kier molecular flexibility index (Phi) is 3.78. The topological polar surface area (TPSA) is 21.3 Å². The molecule has 0 bridgehead atoms. The van der Waals surface area contributed by atoms with Crippen LogP contribution in [0.1, 0.15) is 18.5 Å². The summed E-state index contributed by atoms with van der Waals surface area (Å²) in [6.07, 6.45) is 0. The van der Waals surface area contributed by atoms with Crippen molar-refractivity contribution in [1.29, 1.82) is 0 Å². The summed E-state index contributed by atoms with van der Waals surface area (Å²) in [5, 5.41) is 6.09. The Morgan fingerprint density at radius 2 is 1.67 bits per heavy atom. The van der Waals surface area contributed by atoms with Gasteiger partial charge in [0.25, 0.3) is 0 Å². The Morgan fingerprint density at radius 3 is 2.52 bits per heavy atom. The molecule has 3 rings (SSSR count). The van der Waals surface area contributed by atoms with Crippen LogP contribution in [0.5, 0.6) is 5.75 Å². The number of ether oxygens (including phenoxy) is 1. The minimum Gasteiger partial charge on any atom is -0.497 e. The van der Waals surface area contributed by atoms with Gasteiger partial charge in [0.15, 0.2) is 0 Å². The summed E-state index contributed by atoms with van der Waals surface area (Å²) in [4.78, 5) is 0. The molecule has 2 nitrogen and oxygen atoms in total. The number of nitrogens with one attached hydrogen (secondary N) is 1. The lowest BCUT2D eigenvalue weighted by Crippen LogP contribution is -2.07. The average molecular weight is 277 g/mol. The van der Waals surface area contributed by atoms with Crippen molar-refractivity contribution < 1.29 is 4.74 Å². The monoisotopic (exact) mass is 277 g/mol. The molecule has 0 amide bonds. The van der Waals surface area contributed by atoms with Crippen LogP contribution in [0.3, 0.4) is 0 Å².